The second kappa shape index (κ2) is 8.96. The van der Waals surface area contributed by atoms with Crippen LogP contribution in [0.25, 0.3) is 0 Å². The number of aromatic nitrogens is 2. The lowest BCUT2D eigenvalue weighted by Crippen LogP contribution is -2.25. The number of aryl methyl sites for hydroxylation is 1. The van der Waals surface area contributed by atoms with Crippen LogP contribution in [-0.2, 0) is 13.1 Å². The molecule has 0 aliphatic heterocycles. The number of thiophene rings is 1. The van der Waals surface area contributed by atoms with Crippen molar-refractivity contribution in [1.29, 1.82) is 0 Å². The lowest BCUT2D eigenvalue weighted by Gasteiger charge is -2.07. The highest BCUT2D eigenvalue weighted by Gasteiger charge is 2.07. The van der Waals surface area contributed by atoms with Gasteiger partial charge >= 0.3 is 0 Å². The van der Waals surface area contributed by atoms with Gasteiger partial charge in [0.25, 0.3) is 11.8 Å². The van der Waals surface area contributed by atoms with Crippen LogP contribution in [0.1, 0.15) is 32.0 Å². The highest BCUT2D eigenvalue weighted by atomic mass is 32.1. The van der Waals surface area contributed by atoms with Crippen LogP contribution < -0.4 is 10.6 Å². The van der Waals surface area contributed by atoms with Crippen molar-refractivity contribution >= 4 is 23.2 Å². The summed E-state index contributed by atoms with van der Waals surface area (Å²) in [6.07, 6.45) is 6.24. The quantitative estimate of drug-likeness (QED) is 0.600. The maximum absolute atomic E-state index is 12.1. The molecule has 0 atom stereocenters. The van der Waals surface area contributed by atoms with E-state index in [0.29, 0.717) is 23.5 Å². The molecule has 0 radical (unpaired) electrons. The van der Waals surface area contributed by atoms with Gasteiger partial charge in [0.2, 0.25) is 0 Å². The maximum atomic E-state index is 12.1. The summed E-state index contributed by atoms with van der Waals surface area (Å²) in [6, 6.07) is 10.9. The van der Waals surface area contributed by atoms with E-state index in [1.54, 1.807) is 30.7 Å². The number of amides is 2. The molecule has 0 saturated heterocycles. The summed E-state index contributed by atoms with van der Waals surface area (Å²) in [5.41, 5.74) is 1.56. The molecule has 2 aromatic heterocycles. The summed E-state index contributed by atoms with van der Waals surface area (Å²) in [4.78, 5) is 28.7. The molecule has 0 bridgehead atoms. The van der Waals surface area contributed by atoms with Crippen molar-refractivity contribution < 1.29 is 9.59 Å². The standard InChI is InChI=1S/C19H20N4O2S/c24-18(21-8-2-10-23-11-9-20-14-23)16-6-4-15(5-7-16)13-22-19(25)17-3-1-12-26-17/h1,3-7,9,11-12,14H,2,8,10,13H2,(H,21,24)(H,22,25). The number of carbonyl (C=O) groups excluding carboxylic acids is 2. The van der Waals surface area contributed by atoms with Gasteiger partial charge in [-0.3, -0.25) is 9.59 Å². The van der Waals surface area contributed by atoms with E-state index in [2.05, 4.69) is 15.6 Å². The number of hydrogen-bond acceptors (Lipinski definition) is 4. The molecule has 2 amide bonds. The Morgan fingerprint density at radius 3 is 2.62 bits per heavy atom. The molecule has 134 valence electrons. The first-order chi connectivity index (χ1) is 12.7. The number of imidazole rings is 1. The highest BCUT2D eigenvalue weighted by molar-refractivity contribution is 7.12. The van der Waals surface area contributed by atoms with Gasteiger partial charge in [0, 0.05) is 37.6 Å². The molecule has 1 aromatic carbocycles. The van der Waals surface area contributed by atoms with Gasteiger partial charge in [-0.2, -0.15) is 0 Å². The largest absolute Gasteiger partial charge is 0.352 e. The SMILES string of the molecule is O=C(NCCCn1ccnc1)c1ccc(CNC(=O)c2cccs2)cc1. The van der Waals surface area contributed by atoms with Crippen LogP contribution in [0.5, 0.6) is 0 Å². The van der Waals surface area contributed by atoms with Gasteiger partial charge < -0.3 is 15.2 Å². The van der Waals surface area contributed by atoms with E-state index in [4.69, 9.17) is 0 Å². The number of nitrogens with zero attached hydrogens (tertiary/aromatic N) is 2. The van der Waals surface area contributed by atoms with Crippen LogP contribution >= 0.6 is 11.3 Å². The molecule has 0 aliphatic carbocycles. The van der Waals surface area contributed by atoms with E-state index in [1.165, 1.54) is 11.3 Å². The minimum absolute atomic E-state index is 0.0836. The number of nitrogens with one attached hydrogen (secondary N) is 2. The van der Waals surface area contributed by atoms with Gasteiger partial charge in [-0.1, -0.05) is 18.2 Å². The van der Waals surface area contributed by atoms with Crippen LogP contribution in [0.3, 0.4) is 0 Å². The Balaban J connectivity index is 1.41. The Bertz CT molecular complexity index is 827. The molecule has 3 rings (SSSR count). The predicted octanol–water partition coefficient (Wildman–Crippen LogP) is 2.69. The molecule has 26 heavy (non-hydrogen) atoms. The first-order valence-corrected chi connectivity index (χ1v) is 9.25. The Morgan fingerprint density at radius 1 is 1.08 bits per heavy atom. The van der Waals surface area contributed by atoms with Gasteiger partial charge in [0.1, 0.15) is 0 Å². The Labute approximate surface area is 155 Å². The molecular weight excluding hydrogens is 348 g/mol. The molecule has 0 fully saturated rings. The number of rotatable bonds is 8. The van der Waals surface area contributed by atoms with Crippen LogP contribution in [0.4, 0.5) is 0 Å². The molecule has 2 heterocycles. The van der Waals surface area contributed by atoms with Gasteiger partial charge in [-0.15, -0.1) is 11.3 Å². The molecule has 0 aliphatic rings. The van der Waals surface area contributed by atoms with Gasteiger partial charge in [-0.25, -0.2) is 4.98 Å². The zero-order valence-electron chi connectivity index (χ0n) is 14.2. The van der Waals surface area contributed by atoms with Crippen LogP contribution in [-0.4, -0.2) is 27.9 Å². The topological polar surface area (TPSA) is 76.0 Å². The van der Waals surface area contributed by atoms with E-state index in [-0.39, 0.29) is 11.8 Å². The third-order valence-electron chi connectivity index (χ3n) is 3.85. The van der Waals surface area contributed by atoms with Crippen LogP contribution in [0.15, 0.2) is 60.5 Å². The highest BCUT2D eigenvalue weighted by Crippen LogP contribution is 2.09. The van der Waals surface area contributed by atoms with Crippen molar-refractivity contribution in [2.45, 2.75) is 19.5 Å². The van der Waals surface area contributed by atoms with E-state index in [0.717, 1.165) is 18.5 Å². The summed E-state index contributed by atoms with van der Waals surface area (Å²) in [6.45, 7) is 1.86. The minimum atomic E-state index is -0.0928. The Hall–Kier alpha value is -2.93. The van der Waals surface area contributed by atoms with E-state index < -0.39 is 0 Å². The van der Waals surface area contributed by atoms with E-state index >= 15 is 0 Å². The van der Waals surface area contributed by atoms with Crippen molar-refractivity contribution in [3.63, 3.8) is 0 Å². The summed E-state index contributed by atoms with van der Waals surface area (Å²) in [7, 11) is 0. The average molecular weight is 368 g/mol. The van der Waals surface area contributed by atoms with E-state index in [1.807, 2.05) is 34.3 Å². The maximum Gasteiger partial charge on any atom is 0.261 e. The van der Waals surface area contributed by atoms with E-state index in [9.17, 15) is 9.59 Å². The Kier molecular flexibility index (Phi) is 6.16. The first-order valence-electron chi connectivity index (χ1n) is 8.37. The second-order valence-corrected chi connectivity index (χ2v) is 6.71. The smallest absolute Gasteiger partial charge is 0.261 e. The predicted molar refractivity (Wildman–Crippen MR) is 101 cm³/mol. The minimum Gasteiger partial charge on any atom is -0.352 e. The normalized spacial score (nSPS) is 10.5. The fraction of sp³-hybridized carbons (Fsp3) is 0.211. The number of carbonyl (C=O) groups is 2. The van der Waals surface area contributed by atoms with Crippen molar-refractivity contribution in [2.24, 2.45) is 0 Å². The summed E-state index contributed by atoms with van der Waals surface area (Å²) in [5, 5.41) is 7.65. The van der Waals surface area contributed by atoms with Crippen molar-refractivity contribution in [2.75, 3.05) is 6.54 Å². The zero-order valence-corrected chi connectivity index (χ0v) is 15.0. The molecule has 3 aromatic rings. The second-order valence-electron chi connectivity index (χ2n) is 5.77. The van der Waals surface area contributed by atoms with Crippen molar-refractivity contribution in [3.8, 4) is 0 Å². The van der Waals surface area contributed by atoms with Crippen molar-refractivity contribution in [1.82, 2.24) is 20.2 Å². The average Bonchev–Trinajstić information content (AvgIpc) is 3.37. The monoisotopic (exact) mass is 368 g/mol. The van der Waals surface area contributed by atoms with Crippen LogP contribution in [0, 0.1) is 0 Å². The number of benzene rings is 1. The molecule has 0 unspecified atom stereocenters. The molecule has 2 N–H and O–H groups in total. The summed E-state index contributed by atoms with van der Waals surface area (Å²) in [5.74, 6) is -0.176. The number of hydrogen-bond donors (Lipinski definition) is 2. The summed E-state index contributed by atoms with van der Waals surface area (Å²) < 4.78 is 1.98. The third-order valence-corrected chi connectivity index (χ3v) is 4.72. The molecule has 0 spiro atoms. The molecule has 6 nitrogen and oxygen atoms in total. The third kappa shape index (κ3) is 5.03. The first kappa shape index (κ1) is 17.9. The Morgan fingerprint density at radius 2 is 1.92 bits per heavy atom. The van der Waals surface area contributed by atoms with Gasteiger partial charge in [-0.05, 0) is 35.6 Å². The van der Waals surface area contributed by atoms with Gasteiger partial charge in [0.15, 0.2) is 0 Å². The zero-order chi connectivity index (χ0) is 18.2. The van der Waals surface area contributed by atoms with Crippen LogP contribution in [0.2, 0.25) is 0 Å². The molecule has 7 heteroatoms. The molecular formula is C19H20N4O2S. The fourth-order valence-corrected chi connectivity index (χ4v) is 3.08. The lowest BCUT2D eigenvalue weighted by molar-refractivity contribution is 0.0944. The van der Waals surface area contributed by atoms with Crippen molar-refractivity contribution in [3.05, 3.63) is 76.5 Å². The lowest BCUT2D eigenvalue weighted by atomic mass is 10.1. The summed E-state index contributed by atoms with van der Waals surface area (Å²) >= 11 is 1.41. The fourth-order valence-electron chi connectivity index (χ4n) is 2.44. The van der Waals surface area contributed by atoms with Gasteiger partial charge in [0.05, 0.1) is 11.2 Å². The molecule has 0 saturated carbocycles.